The number of hydrogen-bond acceptors (Lipinski definition) is 6. The van der Waals surface area contributed by atoms with Crippen LogP contribution in [0.25, 0.3) is 11.5 Å². The monoisotopic (exact) mass is 365 g/mol. The van der Waals surface area contributed by atoms with Gasteiger partial charge in [-0.05, 0) is 62.8 Å². The van der Waals surface area contributed by atoms with E-state index in [0.29, 0.717) is 31.3 Å². The molecule has 1 saturated heterocycles. The summed E-state index contributed by atoms with van der Waals surface area (Å²) in [6.07, 6.45) is 1.75. The van der Waals surface area contributed by atoms with Crippen LogP contribution >= 0.6 is 12.2 Å². The Morgan fingerprint density at radius 2 is 2.20 bits per heavy atom. The molecule has 0 bridgehead atoms. The Morgan fingerprint density at radius 3 is 2.92 bits per heavy atom. The van der Waals surface area contributed by atoms with Gasteiger partial charge >= 0.3 is 5.97 Å². The third kappa shape index (κ3) is 4.32. The summed E-state index contributed by atoms with van der Waals surface area (Å²) in [7, 11) is 0. The molecule has 2 heterocycles. The van der Waals surface area contributed by atoms with Crippen molar-refractivity contribution in [1.82, 2.24) is 14.7 Å². The van der Waals surface area contributed by atoms with Gasteiger partial charge in [-0.2, -0.15) is 0 Å². The molecule has 1 fully saturated rings. The number of carbonyl (C=O) groups is 1. The zero-order valence-corrected chi connectivity index (χ0v) is 14.8. The van der Waals surface area contributed by atoms with Gasteiger partial charge in [-0.25, -0.2) is 9.07 Å². The van der Waals surface area contributed by atoms with Gasteiger partial charge in [0.05, 0.1) is 19.2 Å². The van der Waals surface area contributed by atoms with Gasteiger partial charge in [-0.1, -0.05) is 0 Å². The van der Waals surface area contributed by atoms with Gasteiger partial charge in [0.2, 0.25) is 5.89 Å². The standard InChI is InChI=1S/C17H20FN3O3S/c1-2-23-16(22)13-4-3-9-20(10-13)11-21-17(25)24-15(19-21)12-5-7-14(18)8-6-12/h5-8,13H,2-4,9-11H2,1H3/t13-/m0/s1. The van der Waals surface area contributed by atoms with Crippen molar-refractivity contribution in [3.05, 3.63) is 34.9 Å². The first-order chi connectivity index (χ1) is 12.1. The molecule has 1 aliphatic rings. The van der Waals surface area contributed by atoms with Crippen molar-refractivity contribution >= 4 is 18.2 Å². The van der Waals surface area contributed by atoms with E-state index in [-0.39, 0.29) is 22.5 Å². The van der Waals surface area contributed by atoms with Gasteiger partial charge < -0.3 is 9.15 Å². The van der Waals surface area contributed by atoms with E-state index >= 15 is 0 Å². The molecule has 25 heavy (non-hydrogen) atoms. The normalized spacial score (nSPS) is 18.2. The zero-order chi connectivity index (χ0) is 17.8. The molecule has 0 aliphatic carbocycles. The predicted octanol–water partition coefficient (Wildman–Crippen LogP) is 3.24. The Morgan fingerprint density at radius 1 is 1.44 bits per heavy atom. The average Bonchev–Trinajstić information content (AvgIpc) is 2.97. The van der Waals surface area contributed by atoms with Crippen molar-refractivity contribution in [2.24, 2.45) is 5.92 Å². The van der Waals surface area contributed by atoms with Crippen LogP contribution in [0.2, 0.25) is 0 Å². The van der Waals surface area contributed by atoms with E-state index in [1.54, 1.807) is 16.8 Å². The molecule has 8 heteroatoms. The Kier molecular flexibility index (Phi) is 5.60. The third-order valence-corrected chi connectivity index (χ3v) is 4.45. The number of carbonyl (C=O) groups excluding carboxylic acids is 1. The Labute approximate surface area is 150 Å². The number of nitrogens with zero attached hydrogens (tertiary/aromatic N) is 3. The first-order valence-corrected chi connectivity index (χ1v) is 8.70. The molecule has 0 N–H and O–H groups in total. The second-order valence-corrected chi connectivity index (χ2v) is 6.34. The fourth-order valence-corrected chi connectivity index (χ4v) is 3.11. The number of aromatic nitrogens is 2. The van der Waals surface area contributed by atoms with Crippen LogP contribution in [0.1, 0.15) is 19.8 Å². The smallest absolute Gasteiger partial charge is 0.310 e. The minimum Gasteiger partial charge on any atom is -0.466 e. The SMILES string of the molecule is CCOC(=O)[C@H]1CCCN(Cn2nc(-c3ccc(F)cc3)oc2=S)C1. The Hall–Kier alpha value is -2.06. The first kappa shape index (κ1) is 17.8. The fourth-order valence-electron chi connectivity index (χ4n) is 2.93. The molecule has 1 atom stereocenters. The summed E-state index contributed by atoms with van der Waals surface area (Å²) < 4.78 is 25.3. The number of esters is 1. The molecule has 1 aromatic carbocycles. The second kappa shape index (κ2) is 7.88. The lowest BCUT2D eigenvalue weighted by Crippen LogP contribution is -2.40. The highest BCUT2D eigenvalue weighted by Gasteiger charge is 2.27. The van der Waals surface area contributed by atoms with Crippen LogP contribution in [-0.2, 0) is 16.2 Å². The van der Waals surface area contributed by atoms with E-state index in [0.717, 1.165) is 19.4 Å². The van der Waals surface area contributed by atoms with Crippen LogP contribution in [0.5, 0.6) is 0 Å². The van der Waals surface area contributed by atoms with E-state index in [1.165, 1.54) is 12.1 Å². The lowest BCUT2D eigenvalue weighted by molar-refractivity contribution is -0.150. The van der Waals surface area contributed by atoms with E-state index in [9.17, 15) is 9.18 Å². The highest BCUT2D eigenvalue weighted by molar-refractivity contribution is 7.71. The van der Waals surface area contributed by atoms with Crippen molar-refractivity contribution in [1.29, 1.82) is 0 Å². The highest BCUT2D eigenvalue weighted by atomic mass is 32.1. The minimum absolute atomic E-state index is 0.119. The minimum atomic E-state index is -0.319. The number of benzene rings is 1. The number of ether oxygens (including phenoxy) is 1. The summed E-state index contributed by atoms with van der Waals surface area (Å²) in [5, 5.41) is 4.38. The van der Waals surface area contributed by atoms with Gasteiger partial charge in [0.15, 0.2) is 0 Å². The quantitative estimate of drug-likeness (QED) is 0.599. The molecule has 134 valence electrons. The lowest BCUT2D eigenvalue weighted by Gasteiger charge is -2.30. The van der Waals surface area contributed by atoms with E-state index < -0.39 is 0 Å². The van der Waals surface area contributed by atoms with Crippen LogP contribution in [0.3, 0.4) is 0 Å². The summed E-state index contributed by atoms with van der Waals surface area (Å²) in [6, 6.07) is 5.89. The number of piperidine rings is 1. The van der Waals surface area contributed by atoms with Gasteiger partial charge in [0.1, 0.15) is 5.82 Å². The number of likely N-dealkylation sites (tertiary alicyclic amines) is 1. The molecular weight excluding hydrogens is 345 g/mol. The molecule has 0 spiro atoms. The van der Waals surface area contributed by atoms with Gasteiger partial charge in [-0.3, -0.25) is 9.69 Å². The van der Waals surface area contributed by atoms with E-state index in [2.05, 4.69) is 10.00 Å². The van der Waals surface area contributed by atoms with Gasteiger partial charge in [0, 0.05) is 12.1 Å². The van der Waals surface area contributed by atoms with Crippen LogP contribution in [0, 0.1) is 16.6 Å². The summed E-state index contributed by atoms with van der Waals surface area (Å²) in [5.74, 6) is -0.238. The molecular formula is C17H20FN3O3S. The highest BCUT2D eigenvalue weighted by Crippen LogP contribution is 2.21. The first-order valence-electron chi connectivity index (χ1n) is 8.29. The molecule has 1 aliphatic heterocycles. The fraction of sp³-hybridized carbons (Fsp3) is 0.471. The van der Waals surface area contributed by atoms with Crippen molar-refractivity contribution in [3.63, 3.8) is 0 Å². The van der Waals surface area contributed by atoms with Crippen molar-refractivity contribution in [2.45, 2.75) is 26.4 Å². The number of halogens is 1. The maximum absolute atomic E-state index is 13.0. The lowest BCUT2D eigenvalue weighted by atomic mass is 9.99. The topological polar surface area (TPSA) is 60.5 Å². The van der Waals surface area contributed by atoms with Gasteiger partial charge in [0.25, 0.3) is 4.84 Å². The van der Waals surface area contributed by atoms with Gasteiger partial charge in [-0.15, -0.1) is 5.10 Å². The van der Waals surface area contributed by atoms with Crippen LogP contribution in [-0.4, -0.2) is 40.3 Å². The largest absolute Gasteiger partial charge is 0.466 e. The second-order valence-electron chi connectivity index (χ2n) is 5.99. The molecule has 0 amide bonds. The maximum atomic E-state index is 13.0. The van der Waals surface area contributed by atoms with Crippen molar-refractivity contribution in [2.75, 3.05) is 19.7 Å². The van der Waals surface area contributed by atoms with Crippen LogP contribution in [0.4, 0.5) is 4.39 Å². The zero-order valence-electron chi connectivity index (χ0n) is 14.0. The van der Waals surface area contributed by atoms with E-state index in [1.807, 2.05) is 6.92 Å². The summed E-state index contributed by atoms with van der Waals surface area (Å²) >= 11 is 5.23. The molecule has 0 saturated carbocycles. The van der Waals surface area contributed by atoms with Crippen LogP contribution in [0.15, 0.2) is 28.7 Å². The Balaban J connectivity index is 1.69. The predicted molar refractivity (Wildman–Crippen MR) is 91.7 cm³/mol. The van der Waals surface area contributed by atoms with Crippen molar-refractivity contribution in [3.8, 4) is 11.5 Å². The molecule has 3 rings (SSSR count). The summed E-state index contributed by atoms with van der Waals surface area (Å²) in [4.78, 5) is 14.3. The summed E-state index contributed by atoms with van der Waals surface area (Å²) in [6.45, 7) is 4.12. The molecule has 1 aromatic heterocycles. The molecule has 2 aromatic rings. The number of rotatable bonds is 5. The molecule has 0 radical (unpaired) electrons. The molecule has 0 unspecified atom stereocenters. The average molecular weight is 365 g/mol. The maximum Gasteiger partial charge on any atom is 0.310 e. The summed E-state index contributed by atoms with van der Waals surface area (Å²) in [5.41, 5.74) is 0.661. The molecule has 6 nitrogen and oxygen atoms in total. The van der Waals surface area contributed by atoms with E-state index in [4.69, 9.17) is 21.4 Å². The Bertz CT molecular complexity index is 787. The van der Waals surface area contributed by atoms with Crippen LogP contribution < -0.4 is 0 Å². The third-order valence-electron chi connectivity index (χ3n) is 4.16. The number of hydrogen-bond donors (Lipinski definition) is 0. The van der Waals surface area contributed by atoms with Crippen molar-refractivity contribution < 1.29 is 18.3 Å².